The summed E-state index contributed by atoms with van der Waals surface area (Å²) in [6.07, 6.45) is 7.00. The first-order valence-electron chi connectivity index (χ1n) is 10.5. The summed E-state index contributed by atoms with van der Waals surface area (Å²) in [6, 6.07) is 7.82. The van der Waals surface area contributed by atoms with Gasteiger partial charge in [-0.15, -0.1) is 0 Å². The number of fused-ring (bicyclic) bond motifs is 1. The normalized spacial score (nSPS) is 30.5. The Bertz CT molecular complexity index is 850. The van der Waals surface area contributed by atoms with Gasteiger partial charge in [0.05, 0.1) is 24.1 Å². The smallest absolute Gasteiger partial charge is 0.242 e. The molecule has 2 aromatic rings. The van der Waals surface area contributed by atoms with Crippen molar-refractivity contribution in [3.8, 4) is 0 Å². The maximum Gasteiger partial charge on any atom is 0.242 e. The highest BCUT2D eigenvalue weighted by atomic mass is 16.2. The van der Waals surface area contributed by atoms with Gasteiger partial charge >= 0.3 is 0 Å². The summed E-state index contributed by atoms with van der Waals surface area (Å²) in [6.45, 7) is 0.470. The molecule has 0 radical (unpaired) electrons. The van der Waals surface area contributed by atoms with Crippen molar-refractivity contribution in [2.45, 2.75) is 45.1 Å². The molecule has 0 unspecified atom stereocenters. The van der Waals surface area contributed by atoms with E-state index in [1.165, 1.54) is 19.3 Å². The van der Waals surface area contributed by atoms with Crippen LogP contribution in [0.25, 0.3) is 11.0 Å². The lowest BCUT2D eigenvalue weighted by molar-refractivity contribution is -0.147. The van der Waals surface area contributed by atoms with Crippen LogP contribution in [-0.4, -0.2) is 40.3 Å². The standard InChI is InChI=1S/C22H28N4O2/c1-26(13-19-24-17-4-2-3-5-18(17)25-19)20(27)12-23-21(28)22-9-14-6-15(10-22)8-16(7-14)11-22/h2-5,14-16H,6-13H2,1H3,(H,23,28)(H,24,25). The molecule has 6 heteroatoms. The molecular weight excluding hydrogens is 352 g/mol. The number of carbonyl (C=O) groups excluding carboxylic acids is 2. The van der Waals surface area contributed by atoms with Crippen LogP contribution in [0.1, 0.15) is 44.3 Å². The Morgan fingerprint density at radius 1 is 1.14 bits per heavy atom. The van der Waals surface area contributed by atoms with Gasteiger partial charge in [-0.1, -0.05) is 12.1 Å². The van der Waals surface area contributed by atoms with E-state index in [9.17, 15) is 9.59 Å². The molecule has 6 rings (SSSR count). The first kappa shape index (κ1) is 17.7. The fraction of sp³-hybridized carbons (Fsp3) is 0.591. The Morgan fingerprint density at radius 2 is 1.79 bits per heavy atom. The highest BCUT2D eigenvalue weighted by molar-refractivity contribution is 5.88. The summed E-state index contributed by atoms with van der Waals surface area (Å²) in [5, 5.41) is 2.97. The summed E-state index contributed by atoms with van der Waals surface area (Å²) in [4.78, 5) is 34.9. The zero-order valence-electron chi connectivity index (χ0n) is 16.4. The second-order valence-corrected chi connectivity index (χ2v) is 9.33. The van der Waals surface area contributed by atoms with Crippen molar-refractivity contribution < 1.29 is 9.59 Å². The molecule has 148 valence electrons. The van der Waals surface area contributed by atoms with Crippen molar-refractivity contribution in [3.05, 3.63) is 30.1 Å². The highest BCUT2D eigenvalue weighted by Crippen LogP contribution is 2.60. The summed E-state index contributed by atoms with van der Waals surface area (Å²) < 4.78 is 0. The van der Waals surface area contributed by atoms with Crippen molar-refractivity contribution in [1.82, 2.24) is 20.2 Å². The molecule has 2 N–H and O–H groups in total. The third-order valence-corrected chi connectivity index (χ3v) is 7.17. The summed E-state index contributed by atoms with van der Waals surface area (Å²) in [7, 11) is 1.76. The Balaban J connectivity index is 1.18. The zero-order valence-corrected chi connectivity index (χ0v) is 16.4. The number of H-pyrrole nitrogens is 1. The van der Waals surface area contributed by atoms with Crippen LogP contribution >= 0.6 is 0 Å². The number of rotatable bonds is 5. The number of hydrogen-bond donors (Lipinski definition) is 2. The van der Waals surface area contributed by atoms with Crippen LogP contribution < -0.4 is 5.32 Å². The number of para-hydroxylation sites is 2. The molecule has 28 heavy (non-hydrogen) atoms. The van der Waals surface area contributed by atoms with E-state index < -0.39 is 0 Å². The van der Waals surface area contributed by atoms with Gasteiger partial charge in [0.1, 0.15) is 5.82 Å². The maximum atomic E-state index is 13.0. The molecule has 0 aliphatic heterocycles. The number of imidazole rings is 1. The lowest BCUT2D eigenvalue weighted by Gasteiger charge is -2.55. The van der Waals surface area contributed by atoms with E-state index in [1.807, 2.05) is 24.3 Å². The minimum absolute atomic E-state index is 0.0668. The average Bonchev–Trinajstić information content (AvgIpc) is 3.06. The molecule has 4 fully saturated rings. The molecule has 1 heterocycles. The van der Waals surface area contributed by atoms with Crippen molar-refractivity contribution in [2.75, 3.05) is 13.6 Å². The molecule has 1 aromatic carbocycles. The number of nitrogens with one attached hydrogen (secondary N) is 2. The number of hydrogen-bond acceptors (Lipinski definition) is 3. The van der Waals surface area contributed by atoms with Crippen LogP contribution in [0, 0.1) is 23.2 Å². The summed E-state index contributed by atoms with van der Waals surface area (Å²) >= 11 is 0. The number of amides is 2. The predicted octanol–water partition coefficient (Wildman–Crippen LogP) is 2.85. The number of likely N-dealkylation sites (N-methyl/N-ethyl adjacent to an activating group) is 1. The van der Waals surface area contributed by atoms with Crippen LogP contribution in [0.3, 0.4) is 0 Å². The monoisotopic (exact) mass is 380 g/mol. The van der Waals surface area contributed by atoms with E-state index in [0.29, 0.717) is 6.54 Å². The molecular formula is C22H28N4O2. The second kappa shape index (κ2) is 6.61. The Kier molecular flexibility index (Phi) is 4.18. The largest absolute Gasteiger partial charge is 0.347 e. The number of aromatic amines is 1. The van der Waals surface area contributed by atoms with Crippen LogP contribution in [0.4, 0.5) is 0 Å². The molecule has 4 aliphatic rings. The molecule has 1 aromatic heterocycles. The van der Waals surface area contributed by atoms with E-state index in [2.05, 4.69) is 15.3 Å². The number of aromatic nitrogens is 2. The van der Waals surface area contributed by atoms with Crippen LogP contribution in [0.15, 0.2) is 24.3 Å². The van der Waals surface area contributed by atoms with E-state index in [-0.39, 0.29) is 23.8 Å². The third-order valence-electron chi connectivity index (χ3n) is 7.17. The quantitative estimate of drug-likeness (QED) is 0.837. The van der Waals surface area contributed by atoms with Crippen molar-refractivity contribution in [1.29, 1.82) is 0 Å². The van der Waals surface area contributed by atoms with E-state index >= 15 is 0 Å². The zero-order chi connectivity index (χ0) is 19.3. The van der Waals surface area contributed by atoms with Crippen molar-refractivity contribution >= 4 is 22.8 Å². The van der Waals surface area contributed by atoms with E-state index in [1.54, 1.807) is 11.9 Å². The fourth-order valence-electron chi connectivity index (χ4n) is 6.26. The first-order chi connectivity index (χ1) is 13.5. The molecule has 4 saturated carbocycles. The Morgan fingerprint density at radius 3 is 2.43 bits per heavy atom. The van der Waals surface area contributed by atoms with Gasteiger partial charge in [-0.2, -0.15) is 0 Å². The molecule has 2 amide bonds. The third kappa shape index (κ3) is 3.09. The summed E-state index contributed by atoms with van der Waals surface area (Å²) in [5.74, 6) is 2.95. The van der Waals surface area contributed by atoms with Gasteiger partial charge < -0.3 is 15.2 Å². The molecule has 0 saturated heterocycles. The molecule has 4 bridgehead atoms. The number of carbonyl (C=O) groups is 2. The minimum Gasteiger partial charge on any atom is -0.347 e. The summed E-state index contributed by atoms with van der Waals surface area (Å²) in [5.41, 5.74) is 1.66. The van der Waals surface area contributed by atoms with Crippen LogP contribution in [0.2, 0.25) is 0 Å². The van der Waals surface area contributed by atoms with Crippen LogP contribution in [-0.2, 0) is 16.1 Å². The van der Waals surface area contributed by atoms with Crippen molar-refractivity contribution in [3.63, 3.8) is 0 Å². The topological polar surface area (TPSA) is 78.1 Å². The minimum atomic E-state index is -0.202. The Hall–Kier alpha value is -2.37. The first-order valence-corrected chi connectivity index (χ1v) is 10.5. The van der Waals surface area contributed by atoms with E-state index in [0.717, 1.165) is 53.9 Å². The SMILES string of the molecule is CN(Cc1nc2ccccc2[nH]1)C(=O)CNC(=O)C12CC3CC(CC(C3)C1)C2. The number of nitrogens with zero attached hydrogens (tertiary/aromatic N) is 2. The Labute approximate surface area is 165 Å². The van der Waals surface area contributed by atoms with Crippen molar-refractivity contribution in [2.24, 2.45) is 23.2 Å². The molecule has 6 nitrogen and oxygen atoms in total. The molecule has 4 aliphatic carbocycles. The van der Waals surface area contributed by atoms with Gasteiger partial charge in [-0.3, -0.25) is 9.59 Å². The second-order valence-electron chi connectivity index (χ2n) is 9.33. The highest BCUT2D eigenvalue weighted by Gasteiger charge is 2.54. The molecule has 0 spiro atoms. The lowest BCUT2D eigenvalue weighted by atomic mass is 9.49. The number of benzene rings is 1. The maximum absolute atomic E-state index is 13.0. The average molecular weight is 380 g/mol. The van der Waals surface area contributed by atoms with Crippen LogP contribution in [0.5, 0.6) is 0 Å². The van der Waals surface area contributed by atoms with Gasteiger partial charge in [0, 0.05) is 12.5 Å². The molecule has 0 atom stereocenters. The van der Waals surface area contributed by atoms with Gasteiger partial charge in [0.15, 0.2) is 0 Å². The predicted molar refractivity (Wildman–Crippen MR) is 106 cm³/mol. The lowest BCUT2D eigenvalue weighted by Crippen LogP contribution is -2.54. The fourth-order valence-corrected chi connectivity index (χ4v) is 6.26. The van der Waals surface area contributed by atoms with Gasteiger partial charge in [-0.25, -0.2) is 4.98 Å². The van der Waals surface area contributed by atoms with E-state index in [4.69, 9.17) is 0 Å². The van der Waals surface area contributed by atoms with Gasteiger partial charge in [0.25, 0.3) is 0 Å². The van der Waals surface area contributed by atoms with Gasteiger partial charge in [0.2, 0.25) is 11.8 Å². The van der Waals surface area contributed by atoms with Gasteiger partial charge in [-0.05, 0) is 68.4 Å².